The molecule has 10 nitrogen and oxygen atoms in total. The van der Waals surface area contributed by atoms with Gasteiger partial charge in [0.05, 0.1) is 29.9 Å². The molecule has 4 aromatic carbocycles. The van der Waals surface area contributed by atoms with Gasteiger partial charge in [-0.05, 0) is 77.1 Å². The molecule has 0 fully saturated rings. The van der Waals surface area contributed by atoms with Crippen LogP contribution in [0.15, 0.2) is 95.9 Å². The number of ketones is 1. The second-order valence-corrected chi connectivity index (χ2v) is 13.0. The predicted molar refractivity (Wildman–Crippen MR) is 171 cm³/mol. The Labute approximate surface area is 296 Å². The van der Waals surface area contributed by atoms with Gasteiger partial charge in [0.1, 0.15) is 15.9 Å². The quantitative estimate of drug-likeness (QED) is 0.0602. The Morgan fingerprint density at radius 3 is 2.00 bits per heavy atom. The molecule has 12 heteroatoms. The van der Waals surface area contributed by atoms with E-state index >= 15 is 0 Å². The molecule has 0 aliphatic carbocycles. The van der Waals surface area contributed by atoms with Gasteiger partial charge in [0.25, 0.3) is 0 Å². The Morgan fingerprint density at radius 1 is 0.809 bits per heavy atom. The Kier molecular flexibility index (Phi) is 13.7. The Morgan fingerprint density at radius 2 is 1.43 bits per heavy atom. The van der Waals surface area contributed by atoms with Crippen molar-refractivity contribution in [3.05, 3.63) is 108 Å². The monoisotopic (exact) mass is 668 g/mol. The summed E-state index contributed by atoms with van der Waals surface area (Å²) in [5, 5.41) is 14.5. The first-order valence-electron chi connectivity index (χ1n) is 14.8. The molecule has 242 valence electrons. The molecule has 0 aromatic heterocycles. The van der Waals surface area contributed by atoms with E-state index in [-0.39, 0.29) is 54.7 Å². The number of rotatable bonds is 14. The normalized spacial score (nSPS) is 13.2. The van der Waals surface area contributed by atoms with Crippen molar-refractivity contribution in [3.8, 4) is 5.75 Å². The molecule has 3 atom stereocenters. The third-order valence-corrected chi connectivity index (χ3v) is 8.77. The zero-order valence-electron chi connectivity index (χ0n) is 26.8. The summed E-state index contributed by atoms with van der Waals surface area (Å²) in [4.78, 5) is 40.6. The van der Waals surface area contributed by atoms with Gasteiger partial charge in [-0.1, -0.05) is 68.4 Å². The zero-order valence-corrected chi connectivity index (χ0v) is 29.6. The predicted octanol–water partition coefficient (Wildman–Crippen LogP) is 1.69. The molecule has 4 aromatic rings. The van der Waals surface area contributed by atoms with Gasteiger partial charge in [-0.25, -0.2) is 13.9 Å². The summed E-state index contributed by atoms with van der Waals surface area (Å²) in [5.74, 6) is -3.05. The minimum atomic E-state index is -4.67. The standard InChI is InChI=1S/C35H38N2O8S.Na/c1-22(2)18-30(31(35(40)37-41)20-24-8-11-25-6-4-5-7-27(25)19-24)34(39)36-32(33(38)26-12-14-28(45-3)15-13-26)21-23-9-16-29(17-10-23)46(42,43)44;/h4-17,19,22,30-32,41H,18,20-21H2,1-3H3,(H,36,39)(H,37,40)(H,42,43,44);/q;+1/p-1/t30-,31?,32+;/m1./s1. The third kappa shape index (κ3) is 10.2. The number of ether oxygens (including phenoxy) is 1. The van der Waals surface area contributed by atoms with Crippen molar-refractivity contribution in [3.63, 3.8) is 0 Å². The molecule has 0 spiro atoms. The van der Waals surface area contributed by atoms with Gasteiger partial charge in [-0.2, -0.15) is 0 Å². The van der Waals surface area contributed by atoms with Crippen LogP contribution in [0.1, 0.15) is 41.8 Å². The van der Waals surface area contributed by atoms with Crippen LogP contribution in [0, 0.1) is 17.8 Å². The van der Waals surface area contributed by atoms with Crippen molar-refractivity contribution in [1.29, 1.82) is 0 Å². The number of carbonyl (C=O) groups excluding carboxylic acids is 3. The number of amides is 2. The van der Waals surface area contributed by atoms with Crippen LogP contribution in [0.25, 0.3) is 10.8 Å². The van der Waals surface area contributed by atoms with E-state index in [9.17, 15) is 32.6 Å². The van der Waals surface area contributed by atoms with E-state index in [1.807, 2.05) is 56.3 Å². The molecule has 3 N–H and O–H groups in total. The summed E-state index contributed by atoms with van der Waals surface area (Å²) in [7, 11) is -3.17. The maximum Gasteiger partial charge on any atom is 1.00 e. The first-order valence-corrected chi connectivity index (χ1v) is 16.3. The van der Waals surface area contributed by atoms with Gasteiger partial charge in [-0.15, -0.1) is 0 Å². The molecule has 0 aliphatic heterocycles. The third-order valence-electron chi connectivity index (χ3n) is 7.92. The molecule has 2 amide bonds. The van der Waals surface area contributed by atoms with Crippen molar-refractivity contribution >= 4 is 38.5 Å². The van der Waals surface area contributed by atoms with Crippen LogP contribution in [-0.4, -0.2) is 48.9 Å². The summed E-state index contributed by atoms with van der Waals surface area (Å²) >= 11 is 0. The number of methoxy groups -OCH3 is 1. The van der Waals surface area contributed by atoms with Crippen LogP contribution in [0.2, 0.25) is 0 Å². The average molecular weight is 669 g/mol. The maximum absolute atomic E-state index is 14.1. The van der Waals surface area contributed by atoms with Crippen molar-refractivity contribution in [2.75, 3.05) is 7.11 Å². The van der Waals surface area contributed by atoms with Gasteiger partial charge in [-0.3, -0.25) is 19.6 Å². The summed E-state index contributed by atoms with van der Waals surface area (Å²) in [6.07, 6.45) is 0.424. The van der Waals surface area contributed by atoms with Crippen LogP contribution >= 0.6 is 0 Å². The Hall–Kier alpha value is -3.58. The van der Waals surface area contributed by atoms with Crippen LogP contribution in [0.3, 0.4) is 0 Å². The molecule has 0 radical (unpaired) electrons. The topological polar surface area (TPSA) is 162 Å². The fraction of sp³-hybridized carbons (Fsp3) is 0.286. The fourth-order valence-corrected chi connectivity index (χ4v) is 6.02. The molecule has 0 saturated heterocycles. The molecule has 0 heterocycles. The van der Waals surface area contributed by atoms with Crippen LogP contribution in [0.4, 0.5) is 0 Å². The summed E-state index contributed by atoms with van der Waals surface area (Å²) in [6, 6.07) is 23.9. The van der Waals surface area contributed by atoms with Crippen molar-refractivity contribution in [2.45, 2.75) is 44.0 Å². The van der Waals surface area contributed by atoms with Crippen molar-refractivity contribution in [1.82, 2.24) is 10.8 Å². The van der Waals surface area contributed by atoms with E-state index in [0.29, 0.717) is 16.9 Å². The zero-order chi connectivity index (χ0) is 33.4. The first kappa shape index (κ1) is 37.9. The second-order valence-electron chi connectivity index (χ2n) is 11.7. The largest absolute Gasteiger partial charge is 1.00 e. The van der Waals surface area contributed by atoms with Gasteiger partial charge < -0.3 is 14.6 Å². The van der Waals surface area contributed by atoms with E-state index < -0.39 is 50.5 Å². The first-order chi connectivity index (χ1) is 21.9. The minimum absolute atomic E-state index is 0. The average Bonchev–Trinajstić information content (AvgIpc) is 3.05. The number of fused-ring (bicyclic) bond motifs is 1. The molecule has 0 bridgehead atoms. The van der Waals surface area contributed by atoms with E-state index in [1.54, 1.807) is 29.7 Å². The summed E-state index contributed by atoms with van der Waals surface area (Å²) in [6.45, 7) is 3.83. The summed E-state index contributed by atoms with van der Waals surface area (Å²) in [5.41, 5.74) is 3.33. The van der Waals surface area contributed by atoms with Crippen LogP contribution < -0.4 is 45.1 Å². The molecule has 0 saturated carbocycles. The van der Waals surface area contributed by atoms with Crippen LogP contribution in [-0.2, 0) is 32.5 Å². The van der Waals surface area contributed by atoms with Gasteiger partial charge >= 0.3 is 29.6 Å². The SMILES string of the molecule is COc1ccc(C(=O)[C@H](Cc2ccc(S(=O)(=O)[O-])cc2)NC(=O)[C@H](CC(C)C)C(Cc2ccc3ccccc3c2)C(=O)NO)cc1.[Na+]. The minimum Gasteiger partial charge on any atom is -0.744 e. The molecule has 1 unspecified atom stereocenters. The van der Waals surface area contributed by atoms with E-state index in [4.69, 9.17) is 4.74 Å². The molecular weight excluding hydrogens is 631 g/mol. The Bertz CT molecular complexity index is 1790. The summed E-state index contributed by atoms with van der Waals surface area (Å²) < 4.78 is 39.5. The van der Waals surface area contributed by atoms with E-state index in [1.165, 1.54) is 19.2 Å². The maximum atomic E-state index is 14.1. The number of Topliss-reactive ketones (excluding diaryl/α,β-unsaturated/α-hetero) is 1. The smallest absolute Gasteiger partial charge is 0.744 e. The number of nitrogens with one attached hydrogen (secondary N) is 2. The number of hydrogen-bond acceptors (Lipinski definition) is 8. The molecular formula is C35H37N2NaO8S. The van der Waals surface area contributed by atoms with Crippen LogP contribution in [0.5, 0.6) is 5.75 Å². The van der Waals surface area contributed by atoms with Gasteiger partial charge in [0.15, 0.2) is 5.78 Å². The molecule has 0 aliphatic rings. The van der Waals surface area contributed by atoms with Gasteiger partial charge in [0, 0.05) is 12.0 Å². The number of hydroxylamine groups is 1. The van der Waals surface area contributed by atoms with Crippen molar-refractivity contribution in [2.24, 2.45) is 17.8 Å². The second kappa shape index (κ2) is 17.0. The fourth-order valence-electron chi connectivity index (χ4n) is 5.55. The van der Waals surface area contributed by atoms with Gasteiger partial charge in [0.2, 0.25) is 11.8 Å². The van der Waals surface area contributed by atoms with E-state index in [0.717, 1.165) is 28.5 Å². The Balaban J connectivity index is 0.00000600. The van der Waals surface area contributed by atoms with Crippen molar-refractivity contribution < 1.29 is 66.9 Å². The number of hydrogen-bond donors (Lipinski definition) is 3. The van der Waals surface area contributed by atoms with E-state index in [2.05, 4.69) is 5.32 Å². The number of carbonyl (C=O) groups is 3. The molecule has 4 rings (SSSR count). The molecule has 47 heavy (non-hydrogen) atoms. The number of benzene rings is 4.